The van der Waals surface area contributed by atoms with E-state index in [9.17, 15) is 8.42 Å². The third-order valence-corrected chi connectivity index (χ3v) is 7.01. The molecule has 0 aliphatic carbocycles. The molecule has 0 N–H and O–H groups in total. The van der Waals surface area contributed by atoms with Crippen molar-refractivity contribution in [1.29, 1.82) is 0 Å². The van der Waals surface area contributed by atoms with Crippen LogP contribution in [0.2, 0.25) is 0 Å². The monoisotopic (exact) mass is 359 g/mol. The molecule has 1 aliphatic rings. The van der Waals surface area contributed by atoms with Gasteiger partial charge in [-0.2, -0.15) is 4.31 Å². The molecule has 24 heavy (non-hydrogen) atoms. The Morgan fingerprint density at radius 3 is 2.88 bits per heavy atom. The highest BCUT2D eigenvalue weighted by Crippen LogP contribution is 2.28. The van der Waals surface area contributed by atoms with Gasteiger partial charge in [0.05, 0.1) is 10.2 Å². The fourth-order valence-electron chi connectivity index (χ4n) is 2.99. The van der Waals surface area contributed by atoms with Gasteiger partial charge in [-0.1, -0.05) is 18.2 Å². The van der Waals surface area contributed by atoms with Crippen LogP contribution in [0.5, 0.6) is 0 Å². The predicted molar refractivity (Wildman–Crippen MR) is 96.9 cm³/mol. The summed E-state index contributed by atoms with van der Waals surface area (Å²) in [5.41, 5.74) is 2.94. The lowest BCUT2D eigenvalue weighted by Gasteiger charge is -2.20. The van der Waals surface area contributed by atoms with Crippen LogP contribution in [-0.2, 0) is 16.6 Å². The Hall–Kier alpha value is -1.96. The number of sulfonamides is 1. The Morgan fingerprint density at radius 1 is 1.17 bits per heavy atom. The van der Waals surface area contributed by atoms with Crippen LogP contribution < -0.4 is 4.90 Å². The average Bonchev–Trinajstić information content (AvgIpc) is 2.99. The second-order valence-electron chi connectivity index (χ2n) is 5.86. The van der Waals surface area contributed by atoms with Gasteiger partial charge in [-0.3, -0.25) is 4.98 Å². The van der Waals surface area contributed by atoms with Crippen molar-refractivity contribution in [2.75, 3.05) is 25.0 Å². The number of aromatic nitrogens is 1. The molecule has 0 radical (unpaired) electrons. The quantitative estimate of drug-likeness (QED) is 0.706. The second-order valence-corrected chi connectivity index (χ2v) is 8.75. The second kappa shape index (κ2) is 5.84. The van der Waals surface area contributed by atoms with E-state index >= 15 is 0 Å². The van der Waals surface area contributed by atoms with E-state index in [-0.39, 0.29) is 4.90 Å². The number of fused-ring (bicyclic) bond motifs is 2. The summed E-state index contributed by atoms with van der Waals surface area (Å²) in [7, 11) is -1.58. The van der Waals surface area contributed by atoms with E-state index in [1.54, 1.807) is 10.4 Å². The van der Waals surface area contributed by atoms with Crippen LogP contribution in [0.25, 0.3) is 10.2 Å². The summed E-state index contributed by atoms with van der Waals surface area (Å²) in [4.78, 5) is 6.65. The van der Waals surface area contributed by atoms with E-state index < -0.39 is 10.0 Å². The molecule has 0 saturated carbocycles. The first kappa shape index (κ1) is 15.6. The van der Waals surface area contributed by atoms with Gasteiger partial charge in [0.1, 0.15) is 4.90 Å². The summed E-state index contributed by atoms with van der Waals surface area (Å²) in [5.74, 6) is 0. The molecular weight excluding hydrogens is 342 g/mol. The molecule has 4 rings (SSSR count). The van der Waals surface area contributed by atoms with Crippen molar-refractivity contribution in [2.24, 2.45) is 0 Å². The number of hydrogen-bond donors (Lipinski definition) is 0. The SMILES string of the molecule is CN1CCN(S(=O)(=O)c2cnc3ccsc3c2)Cc2ccccc21. The molecule has 3 aromatic rings. The molecule has 3 heterocycles. The smallest absolute Gasteiger partial charge is 0.245 e. The average molecular weight is 359 g/mol. The van der Waals surface area contributed by atoms with Gasteiger partial charge in [-0.25, -0.2) is 8.42 Å². The lowest BCUT2D eigenvalue weighted by Crippen LogP contribution is -2.34. The predicted octanol–water partition coefficient (Wildman–Crippen LogP) is 2.94. The van der Waals surface area contributed by atoms with Crippen LogP contribution in [0.15, 0.2) is 52.9 Å². The molecule has 1 aliphatic heterocycles. The van der Waals surface area contributed by atoms with Gasteiger partial charge in [-0.15, -0.1) is 11.3 Å². The minimum absolute atomic E-state index is 0.263. The van der Waals surface area contributed by atoms with E-state index in [1.165, 1.54) is 17.5 Å². The zero-order chi connectivity index (χ0) is 16.7. The summed E-state index contributed by atoms with van der Waals surface area (Å²) < 4.78 is 28.6. The fraction of sp³-hybridized carbons (Fsp3) is 0.235. The highest BCUT2D eigenvalue weighted by atomic mass is 32.2. The highest BCUT2D eigenvalue weighted by Gasteiger charge is 2.28. The summed E-state index contributed by atoms with van der Waals surface area (Å²) in [5, 5.41) is 1.92. The molecular formula is C17H17N3O2S2. The molecule has 0 atom stereocenters. The summed E-state index contributed by atoms with van der Waals surface area (Å²) >= 11 is 1.50. The Kier molecular flexibility index (Phi) is 3.79. The number of nitrogens with zero attached hydrogens (tertiary/aromatic N) is 3. The zero-order valence-corrected chi connectivity index (χ0v) is 14.8. The Labute approximate surface area is 145 Å². The Balaban J connectivity index is 1.74. The van der Waals surface area contributed by atoms with Crippen molar-refractivity contribution < 1.29 is 8.42 Å². The number of pyridine rings is 1. The zero-order valence-electron chi connectivity index (χ0n) is 13.2. The third kappa shape index (κ3) is 2.58. The first-order valence-corrected chi connectivity index (χ1v) is 10.00. The number of anilines is 1. The number of likely N-dealkylation sites (N-methyl/N-ethyl adjacent to an activating group) is 1. The van der Waals surface area contributed by atoms with Crippen molar-refractivity contribution in [3.63, 3.8) is 0 Å². The van der Waals surface area contributed by atoms with E-state index in [4.69, 9.17) is 0 Å². The largest absolute Gasteiger partial charge is 0.373 e. The number of rotatable bonds is 2. The van der Waals surface area contributed by atoms with Crippen LogP contribution in [0, 0.1) is 0 Å². The number of para-hydroxylation sites is 1. The topological polar surface area (TPSA) is 53.5 Å². The Bertz CT molecular complexity index is 998. The number of thiophene rings is 1. The van der Waals surface area contributed by atoms with Gasteiger partial charge in [0.25, 0.3) is 0 Å². The molecule has 0 unspecified atom stereocenters. The maximum atomic E-state index is 13.1. The molecule has 0 saturated heterocycles. The molecule has 0 fully saturated rings. The van der Waals surface area contributed by atoms with Crippen LogP contribution in [-0.4, -0.2) is 37.8 Å². The highest BCUT2D eigenvalue weighted by molar-refractivity contribution is 7.89. The van der Waals surface area contributed by atoms with E-state index in [0.29, 0.717) is 19.6 Å². The van der Waals surface area contributed by atoms with Crippen molar-refractivity contribution in [3.05, 3.63) is 53.5 Å². The van der Waals surface area contributed by atoms with Crippen molar-refractivity contribution in [2.45, 2.75) is 11.4 Å². The maximum absolute atomic E-state index is 13.1. The van der Waals surface area contributed by atoms with Crippen LogP contribution in [0.4, 0.5) is 5.69 Å². The molecule has 124 valence electrons. The molecule has 1 aromatic carbocycles. The van der Waals surface area contributed by atoms with Gasteiger partial charge < -0.3 is 4.90 Å². The first-order valence-electron chi connectivity index (χ1n) is 7.68. The van der Waals surface area contributed by atoms with Crippen molar-refractivity contribution >= 4 is 37.3 Å². The summed E-state index contributed by atoms with van der Waals surface area (Å²) in [6.45, 7) is 1.49. The number of benzene rings is 1. The van der Waals surface area contributed by atoms with Crippen LogP contribution >= 0.6 is 11.3 Å². The van der Waals surface area contributed by atoms with Gasteiger partial charge in [0.15, 0.2) is 0 Å². The van der Waals surface area contributed by atoms with E-state index in [1.807, 2.05) is 42.8 Å². The van der Waals surface area contributed by atoms with Crippen molar-refractivity contribution in [1.82, 2.24) is 9.29 Å². The van der Waals surface area contributed by atoms with E-state index in [2.05, 4.69) is 9.88 Å². The van der Waals surface area contributed by atoms with Crippen LogP contribution in [0.1, 0.15) is 5.56 Å². The molecule has 5 nitrogen and oxygen atoms in total. The normalized spacial score (nSPS) is 16.1. The lowest BCUT2D eigenvalue weighted by molar-refractivity contribution is 0.420. The minimum atomic E-state index is -3.57. The van der Waals surface area contributed by atoms with Gasteiger partial charge in [0.2, 0.25) is 10.0 Å². The first-order chi connectivity index (χ1) is 11.6. The molecule has 0 spiro atoms. The lowest BCUT2D eigenvalue weighted by atomic mass is 10.1. The standard InChI is InChI=1S/C17H17N3O2S2/c1-19-7-8-20(12-13-4-2-3-5-16(13)19)24(21,22)14-10-17-15(18-11-14)6-9-23-17/h2-6,9-11H,7-8,12H2,1H3. The maximum Gasteiger partial charge on any atom is 0.245 e. The van der Waals surface area contributed by atoms with Gasteiger partial charge >= 0.3 is 0 Å². The van der Waals surface area contributed by atoms with Crippen molar-refractivity contribution in [3.8, 4) is 0 Å². The molecule has 0 amide bonds. The fourth-order valence-corrected chi connectivity index (χ4v) is 5.23. The van der Waals surface area contributed by atoms with Crippen LogP contribution in [0.3, 0.4) is 0 Å². The van der Waals surface area contributed by atoms with Gasteiger partial charge in [0, 0.05) is 38.6 Å². The Morgan fingerprint density at radius 2 is 2.00 bits per heavy atom. The van der Waals surface area contributed by atoms with E-state index in [0.717, 1.165) is 21.5 Å². The number of hydrogen-bond acceptors (Lipinski definition) is 5. The molecule has 0 bridgehead atoms. The molecule has 2 aromatic heterocycles. The molecule has 7 heteroatoms. The summed E-state index contributed by atoms with van der Waals surface area (Å²) in [6, 6.07) is 11.6. The minimum Gasteiger partial charge on any atom is -0.373 e. The van der Waals surface area contributed by atoms with Gasteiger partial charge in [-0.05, 0) is 29.1 Å². The summed E-state index contributed by atoms with van der Waals surface area (Å²) in [6.07, 6.45) is 1.46. The third-order valence-electron chi connectivity index (χ3n) is 4.35.